The van der Waals surface area contributed by atoms with Gasteiger partial charge in [-0.3, -0.25) is 4.79 Å². The topological polar surface area (TPSA) is 20.3 Å². The lowest BCUT2D eigenvalue weighted by molar-refractivity contribution is -0.181. The summed E-state index contributed by atoms with van der Waals surface area (Å²) in [5.74, 6) is -5.99. The van der Waals surface area contributed by atoms with Gasteiger partial charge in [0.25, 0.3) is 5.91 Å². The molecule has 2 rings (SSSR count). The molecule has 0 aromatic heterocycles. The molecule has 16 heavy (non-hydrogen) atoms. The summed E-state index contributed by atoms with van der Waals surface area (Å²) in [6, 6.07) is -0.238. The first-order chi connectivity index (χ1) is 7.43. The van der Waals surface area contributed by atoms with Crippen molar-refractivity contribution in [3.63, 3.8) is 0 Å². The average Bonchev–Trinajstić information content (AvgIpc) is 3.04. The fourth-order valence-electron chi connectivity index (χ4n) is 1.65. The number of alkyl halides is 4. The molecule has 2 saturated carbocycles. The highest BCUT2D eigenvalue weighted by molar-refractivity contribution is 5.84. The highest BCUT2D eigenvalue weighted by atomic mass is 19.3. The normalized spacial score (nSPS) is 21.3. The molecule has 0 aromatic rings. The Morgan fingerprint density at radius 2 is 1.81 bits per heavy atom. The summed E-state index contributed by atoms with van der Waals surface area (Å²) in [6.07, 6.45) is -0.816. The third kappa shape index (κ3) is 2.30. The van der Waals surface area contributed by atoms with Gasteiger partial charge in [0.05, 0.1) is 0 Å². The molecule has 0 radical (unpaired) electrons. The van der Waals surface area contributed by atoms with E-state index in [1.54, 1.807) is 0 Å². The molecule has 2 fully saturated rings. The predicted octanol–water partition coefficient (Wildman–Crippen LogP) is 2.29. The summed E-state index contributed by atoms with van der Waals surface area (Å²) in [7, 11) is 0. The van der Waals surface area contributed by atoms with Crippen LogP contribution in [0.3, 0.4) is 0 Å². The Hall–Kier alpha value is -0.810. The molecule has 0 saturated heterocycles. The van der Waals surface area contributed by atoms with Crippen LogP contribution in [0.2, 0.25) is 0 Å². The average molecular weight is 239 g/mol. The lowest BCUT2D eigenvalue weighted by Crippen LogP contribution is -2.49. The lowest BCUT2D eigenvalue weighted by Gasteiger charge is -2.26. The highest BCUT2D eigenvalue weighted by Crippen LogP contribution is 2.37. The zero-order chi connectivity index (χ0) is 11.9. The van der Waals surface area contributed by atoms with Crippen LogP contribution in [0.4, 0.5) is 17.6 Å². The van der Waals surface area contributed by atoms with Gasteiger partial charge in [-0.15, -0.1) is 0 Å². The number of nitrogens with zero attached hydrogens (tertiary/aromatic N) is 1. The number of carbonyl (C=O) groups excluding carboxylic acids is 1. The van der Waals surface area contributed by atoms with E-state index in [4.69, 9.17) is 0 Å². The van der Waals surface area contributed by atoms with Gasteiger partial charge in [-0.1, -0.05) is 0 Å². The van der Waals surface area contributed by atoms with Crippen LogP contribution in [-0.4, -0.2) is 35.7 Å². The van der Waals surface area contributed by atoms with Crippen molar-refractivity contribution in [1.29, 1.82) is 0 Å². The van der Waals surface area contributed by atoms with E-state index in [1.807, 2.05) is 0 Å². The largest absolute Gasteiger partial charge is 0.383 e. The third-order valence-corrected chi connectivity index (χ3v) is 2.96. The molecule has 6 heteroatoms. The van der Waals surface area contributed by atoms with Crippen LogP contribution in [0.25, 0.3) is 0 Å². The minimum absolute atomic E-state index is 0.214. The van der Waals surface area contributed by atoms with Crippen LogP contribution in [0.5, 0.6) is 0 Å². The first-order valence-corrected chi connectivity index (χ1v) is 5.40. The SMILES string of the molecule is O=C(N(CC1CC1)C1CC1)C(F)(F)C(F)F. The van der Waals surface area contributed by atoms with Gasteiger partial charge in [0.1, 0.15) is 0 Å². The van der Waals surface area contributed by atoms with Gasteiger partial charge in [-0.05, 0) is 31.6 Å². The van der Waals surface area contributed by atoms with E-state index in [0.717, 1.165) is 17.7 Å². The Balaban J connectivity index is 2.03. The molecule has 0 bridgehead atoms. The molecule has 2 nitrogen and oxygen atoms in total. The molecule has 2 aliphatic rings. The van der Waals surface area contributed by atoms with Crippen LogP contribution < -0.4 is 0 Å². The van der Waals surface area contributed by atoms with Crippen LogP contribution >= 0.6 is 0 Å². The zero-order valence-corrected chi connectivity index (χ0v) is 8.63. The minimum Gasteiger partial charge on any atom is -0.334 e. The predicted molar refractivity (Wildman–Crippen MR) is 48.4 cm³/mol. The molecule has 0 aromatic carbocycles. The number of halogens is 4. The zero-order valence-electron chi connectivity index (χ0n) is 8.63. The number of hydrogen-bond acceptors (Lipinski definition) is 1. The third-order valence-electron chi connectivity index (χ3n) is 2.96. The van der Waals surface area contributed by atoms with Crippen LogP contribution in [0, 0.1) is 5.92 Å². The maximum absolute atomic E-state index is 12.9. The second-order valence-electron chi connectivity index (χ2n) is 4.56. The first kappa shape index (κ1) is 11.7. The molecule has 1 amide bonds. The summed E-state index contributed by atoms with van der Waals surface area (Å²) in [5, 5.41) is 0. The van der Waals surface area contributed by atoms with Gasteiger partial charge in [-0.2, -0.15) is 8.78 Å². The van der Waals surface area contributed by atoms with Crippen molar-refractivity contribution >= 4 is 5.91 Å². The van der Waals surface area contributed by atoms with E-state index in [2.05, 4.69) is 0 Å². The number of carbonyl (C=O) groups is 1. The van der Waals surface area contributed by atoms with Crippen LogP contribution in [0.1, 0.15) is 25.7 Å². The second kappa shape index (κ2) is 3.89. The maximum atomic E-state index is 12.9. The van der Waals surface area contributed by atoms with Gasteiger partial charge in [0.2, 0.25) is 0 Å². The molecule has 0 unspecified atom stereocenters. The number of rotatable bonds is 5. The number of hydrogen-bond donors (Lipinski definition) is 0. The molecule has 2 aliphatic carbocycles. The van der Waals surface area contributed by atoms with Gasteiger partial charge in [-0.25, -0.2) is 8.78 Å². The summed E-state index contributed by atoms with van der Waals surface area (Å²) in [4.78, 5) is 12.3. The first-order valence-electron chi connectivity index (χ1n) is 5.40. The van der Waals surface area contributed by atoms with Gasteiger partial charge in [0, 0.05) is 12.6 Å². The summed E-state index contributed by atoms with van der Waals surface area (Å²) in [5.41, 5.74) is 0. The molecule has 0 atom stereocenters. The quantitative estimate of drug-likeness (QED) is 0.674. The van der Waals surface area contributed by atoms with E-state index in [1.165, 1.54) is 0 Å². The fourth-order valence-corrected chi connectivity index (χ4v) is 1.65. The Morgan fingerprint density at radius 3 is 2.19 bits per heavy atom. The van der Waals surface area contributed by atoms with Crippen LogP contribution in [0.15, 0.2) is 0 Å². The standard InChI is InChI=1S/C10H13F4NO/c11-8(12)10(13,14)9(16)15(7-3-4-7)5-6-1-2-6/h6-8H,1-5H2. The number of amides is 1. The minimum atomic E-state index is -4.53. The van der Waals surface area contributed by atoms with E-state index >= 15 is 0 Å². The fraction of sp³-hybridized carbons (Fsp3) is 0.900. The maximum Gasteiger partial charge on any atom is 0.383 e. The van der Waals surface area contributed by atoms with Crippen molar-refractivity contribution < 1.29 is 22.4 Å². The van der Waals surface area contributed by atoms with Crippen molar-refractivity contribution in [1.82, 2.24) is 4.90 Å². The van der Waals surface area contributed by atoms with Crippen LogP contribution in [-0.2, 0) is 4.79 Å². The van der Waals surface area contributed by atoms with Crippen molar-refractivity contribution in [2.45, 2.75) is 44.1 Å². The Labute approximate surface area is 90.6 Å². The molecular formula is C10H13F4NO. The molecule has 0 aliphatic heterocycles. The summed E-state index contributed by atoms with van der Waals surface area (Å²) < 4.78 is 49.9. The monoisotopic (exact) mass is 239 g/mol. The second-order valence-corrected chi connectivity index (χ2v) is 4.56. The van der Waals surface area contributed by atoms with Crippen molar-refractivity contribution in [2.24, 2.45) is 5.92 Å². The van der Waals surface area contributed by atoms with Gasteiger partial charge in [0.15, 0.2) is 0 Å². The lowest BCUT2D eigenvalue weighted by atomic mass is 10.2. The van der Waals surface area contributed by atoms with E-state index in [-0.39, 0.29) is 18.5 Å². The molecule has 0 heterocycles. The van der Waals surface area contributed by atoms with E-state index in [0.29, 0.717) is 12.8 Å². The molecule has 0 spiro atoms. The Kier molecular flexibility index (Phi) is 2.84. The summed E-state index contributed by atoms with van der Waals surface area (Å²) >= 11 is 0. The Bertz CT molecular complexity index is 287. The van der Waals surface area contributed by atoms with Crippen molar-refractivity contribution in [3.8, 4) is 0 Å². The molecule has 0 N–H and O–H groups in total. The van der Waals surface area contributed by atoms with Crippen molar-refractivity contribution in [2.75, 3.05) is 6.54 Å². The Morgan fingerprint density at radius 1 is 1.25 bits per heavy atom. The van der Waals surface area contributed by atoms with E-state index in [9.17, 15) is 22.4 Å². The van der Waals surface area contributed by atoms with E-state index < -0.39 is 18.3 Å². The van der Waals surface area contributed by atoms with Crippen molar-refractivity contribution in [3.05, 3.63) is 0 Å². The smallest absolute Gasteiger partial charge is 0.334 e. The van der Waals surface area contributed by atoms with Gasteiger partial charge >= 0.3 is 12.3 Å². The van der Waals surface area contributed by atoms with Gasteiger partial charge < -0.3 is 4.90 Å². The molecular weight excluding hydrogens is 226 g/mol. The molecule has 92 valence electrons. The highest BCUT2D eigenvalue weighted by Gasteiger charge is 2.54. The summed E-state index contributed by atoms with van der Waals surface area (Å²) in [6.45, 7) is 0.214.